The Kier molecular flexibility index (Phi) is 8.04. The van der Waals surface area contributed by atoms with E-state index in [-0.39, 0.29) is 35.7 Å². The molecule has 1 aromatic carbocycles. The van der Waals surface area contributed by atoms with Crippen LogP contribution in [0, 0.1) is 17.3 Å². The number of nitrogens with two attached hydrogens (primary N) is 1. The summed E-state index contributed by atoms with van der Waals surface area (Å²) in [5.41, 5.74) is 6.49. The largest absolute Gasteiger partial charge is 0.368 e. The fourth-order valence-electron chi connectivity index (χ4n) is 7.15. The highest BCUT2D eigenvalue weighted by molar-refractivity contribution is 6.30. The first-order valence-electron chi connectivity index (χ1n) is 14.9. The molecule has 2 saturated heterocycles. The summed E-state index contributed by atoms with van der Waals surface area (Å²) in [5, 5.41) is 0.676. The molecule has 0 spiro atoms. The molecule has 4 fully saturated rings. The quantitative estimate of drug-likeness (QED) is 0.561. The van der Waals surface area contributed by atoms with Crippen molar-refractivity contribution in [3.8, 4) is 0 Å². The van der Waals surface area contributed by atoms with Crippen LogP contribution in [0.1, 0.15) is 84.1 Å². The Bertz CT molecular complexity index is 1070. The van der Waals surface area contributed by atoms with Crippen LogP contribution in [0.15, 0.2) is 24.3 Å². The molecule has 214 valence electrons. The Balaban J connectivity index is 1.41. The number of rotatable bonds is 6. The maximum atomic E-state index is 14.3. The minimum absolute atomic E-state index is 0.00942. The molecule has 0 unspecified atom stereocenters. The van der Waals surface area contributed by atoms with Crippen LogP contribution in [-0.4, -0.2) is 76.2 Å². The van der Waals surface area contributed by atoms with Crippen molar-refractivity contribution in [3.63, 3.8) is 0 Å². The molecule has 7 nitrogen and oxygen atoms in total. The van der Waals surface area contributed by atoms with E-state index in [2.05, 4.69) is 16.7 Å². The van der Waals surface area contributed by atoms with Crippen molar-refractivity contribution >= 4 is 29.3 Å². The molecule has 3 amide bonds. The number of carbonyl (C=O) groups is 3. The average molecular weight is 557 g/mol. The van der Waals surface area contributed by atoms with Crippen LogP contribution in [0.4, 0.5) is 0 Å². The molecule has 1 aromatic rings. The molecule has 2 saturated carbocycles. The van der Waals surface area contributed by atoms with Gasteiger partial charge in [0, 0.05) is 48.1 Å². The molecule has 8 heteroatoms. The zero-order valence-electron chi connectivity index (χ0n) is 23.9. The van der Waals surface area contributed by atoms with Gasteiger partial charge in [-0.05, 0) is 68.6 Å². The second kappa shape index (κ2) is 11.0. The van der Waals surface area contributed by atoms with Crippen molar-refractivity contribution < 1.29 is 14.4 Å². The number of likely N-dealkylation sites (tertiary alicyclic amines) is 2. The molecule has 2 heterocycles. The van der Waals surface area contributed by atoms with Crippen molar-refractivity contribution in [3.05, 3.63) is 34.9 Å². The zero-order chi connectivity index (χ0) is 28.1. The highest BCUT2D eigenvalue weighted by Gasteiger charge is 2.50. The minimum Gasteiger partial charge on any atom is -0.368 e. The number of benzene rings is 1. The maximum Gasteiger partial charge on any atom is 0.240 e. The number of hydrogen-bond acceptors (Lipinski definition) is 4. The lowest BCUT2D eigenvalue weighted by molar-refractivity contribution is -0.146. The summed E-state index contributed by atoms with van der Waals surface area (Å²) in [6.45, 7) is 10.0. The van der Waals surface area contributed by atoms with E-state index in [0.29, 0.717) is 36.5 Å². The molecule has 0 radical (unpaired) electrons. The van der Waals surface area contributed by atoms with Gasteiger partial charge in [-0.15, -0.1) is 0 Å². The van der Waals surface area contributed by atoms with Crippen LogP contribution in [0.25, 0.3) is 0 Å². The third-order valence-corrected chi connectivity index (χ3v) is 9.82. The maximum absolute atomic E-state index is 14.3. The van der Waals surface area contributed by atoms with Gasteiger partial charge in [-0.1, -0.05) is 51.4 Å². The van der Waals surface area contributed by atoms with E-state index in [0.717, 1.165) is 37.8 Å². The van der Waals surface area contributed by atoms with Crippen LogP contribution in [0.3, 0.4) is 0 Å². The molecule has 5 rings (SSSR count). The number of halogens is 1. The Morgan fingerprint density at radius 3 is 2.13 bits per heavy atom. The van der Waals surface area contributed by atoms with Gasteiger partial charge in [-0.3, -0.25) is 19.3 Å². The van der Waals surface area contributed by atoms with Gasteiger partial charge < -0.3 is 15.5 Å². The molecule has 2 aliphatic heterocycles. The summed E-state index contributed by atoms with van der Waals surface area (Å²) < 4.78 is 0. The molecule has 4 aliphatic rings. The molecule has 39 heavy (non-hydrogen) atoms. The van der Waals surface area contributed by atoms with E-state index in [9.17, 15) is 14.4 Å². The molecular formula is C31H45ClN4O3. The van der Waals surface area contributed by atoms with Gasteiger partial charge in [0.2, 0.25) is 17.7 Å². The third kappa shape index (κ3) is 6.00. The Labute approximate surface area is 238 Å². The summed E-state index contributed by atoms with van der Waals surface area (Å²) in [5.74, 6) is 0.0553. The van der Waals surface area contributed by atoms with Crippen LogP contribution in [0.5, 0.6) is 0 Å². The fraction of sp³-hybridized carbons (Fsp3) is 0.710. The van der Waals surface area contributed by atoms with Gasteiger partial charge in [-0.25, -0.2) is 0 Å². The first kappa shape index (κ1) is 28.4. The normalized spacial score (nSPS) is 31.9. The smallest absolute Gasteiger partial charge is 0.240 e. The lowest BCUT2D eigenvalue weighted by Gasteiger charge is -2.42. The summed E-state index contributed by atoms with van der Waals surface area (Å²) in [4.78, 5) is 47.1. The number of primary amides is 1. The van der Waals surface area contributed by atoms with Gasteiger partial charge in [0.15, 0.2) is 0 Å². The second-order valence-corrected chi connectivity index (χ2v) is 14.1. The molecule has 0 aromatic heterocycles. The number of carbonyl (C=O) groups excluding carboxylic acids is 3. The SMILES string of the molecule is CC1CCC(N(C(=O)C(C)(C)C)[C@H]2C[C@@H](C(N)=O)N(C(=O)[C@@H]3CN(C4CC4)C[C@H]3c3ccc(Cl)cc3)C2)CC1. The molecule has 2 aliphatic carbocycles. The predicted octanol–water partition coefficient (Wildman–Crippen LogP) is 4.43. The van der Waals surface area contributed by atoms with Crippen LogP contribution >= 0.6 is 11.6 Å². The summed E-state index contributed by atoms with van der Waals surface area (Å²) in [7, 11) is 0. The highest BCUT2D eigenvalue weighted by Crippen LogP contribution is 2.42. The van der Waals surface area contributed by atoms with E-state index in [1.54, 1.807) is 4.90 Å². The van der Waals surface area contributed by atoms with Crippen molar-refractivity contribution in [1.82, 2.24) is 14.7 Å². The predicted molar refractivity (Wildman–Crippen MR) is 153 cm³/mol. The van der Waals surface area contributed by atoms with Gasteiger partial charge in [0.05, 0.1) is 12.0 Å². The van der Waals surface area contributed by atoms with E-state index >= 15 is 0 Å². The highest BCUT2D eigenvalue weighted by atomic mass is 35.5. The van der Waals surface area contributed by atoms with E-state index in [1.807, 2.05) is 45.0 Å². The lowest BCUT2D eigenvalue weighted by Crippen LogP contribution is -2.53. The standard InChI is InChI=1S/C31H45ClN4O3/c1-19-5-11-23(12-6-19)36(30(39)31(2,3)4)24-15-27(28(33)37)35(16-24)29(38)26-18-34(22-13-14-22)17-25(26)20-7-9-21(32)10-8-20/h7-10,19,22-27H,5-6,11-18H2,1-4H3,(H2,33,37)/t19?,23?,24-,25-,26+,27-/m0/s1. The van der Waals surface area contributed by atoms with Crippen LogP contribution in [-0.2, 0) is 14.4 Å². The number of amides is 3. The molecule has 0 bridgehead atoms. The summed E-state index contributed by atoms with van der Waals surface area (Å²) in [6, 6.07) is 7.61. The van der Waals surface area contributed by atoms with E-state index < -0.39 is 17.4 Å². The van der Waals surface area contributed by atoms with Crippen LogP contribution in [0.2, 0.25) is 5.02 Å². The molecule has 4 atom stereocenters. The van der Waals surface area contributed by atoms with Crippen molar-refractivity contribution in [2.45, 2.75) is 103 Å². The third-order valence-electron chi connectivity index (χ3n) is 9.57. The zero-order valence-corrected chi connectivity index (χ0v) is 24.7. The fourth-order valence-corrected chi connectivity index (χ4v) is 7.28. The average Bonchev–Trinajstić information content (AvgIpc) is 3.48. The topological polar surface area (TPSA) is 87.0 Å². The molecule has 2 N–H and O–H groups in total. The van der Waals surface area contributed by atoms with Crippen molar-refractivity contribution in [2.75, 3.05) is 19.6 Å². The van der Waals surface area contributed by atoms with Crippen molar-refractivity contribution in [2.24, 2.45) is 23.0 Å². The van der Waals surface area contributed by atoms with Gasteiger partial charge in [-0.2, -0.15) is 0 Å². The second-order valence-electron chi connectivity index (χ2n) is 13.6. The Morgan fingerprint density at radius 1 is 0.923 bits per heavy atom. The summed E-state index contributed by atoms with van der Waals surface area (Å²) >= 11 is 6.17. The van der Waals surface area contributed by atoms with Gasteiger partial charge >= 0.3 is 0 Å². The minimum atomic E-state index is -0.693. The van der Waals surface area contributed by atoms with Gasteiger partial charge in [0.25, 0.3) is 0 Å². The van der Waals surface area contributed by atoms with Crippen molar-refractivity contribution in [1.29, 1.82) is 0 Å². The lowest BCUT2D eigenvalue weighted by atomic mass is 9.84. The van der Waals surface area contributed by atoms with Crippen LogP contribution < -0.4 is 5.73 Å². The number of nitrogens with zero attached hydrogens (tertiary/aromatic N) is 3. The Morgan fingerprint density at radius 2 is 1.56 bits per heavy atom. The monoisotopic (exact) mass is 556 g/mol. The Hall–Kier alpha value is -2.12. The first-order chi connectivity index (χ1) is 18.4. The van der Waals surface area contributed by atoms with E-state index in [4.69, 9.17) is 17.3 Å². The van der Waals surface area contributed by atoms with Gasteiger partial charge in [0.1, 0.15) is 6.04 Å². The van der Waals surface area contributed by atoms with E-state index in [1.165, 1.54) is 12.8 Å². The number of hydrogen-bond donors (Lipinski definition) is 1. The summed E-state index contributed by atoms with van der Waals surface area (Å²) in [6.07, 6.45) is 6.88. The molecular weight excluding hydrogens is 512 g/mol. The first-order valence-corrected chi connectivity index (χ1v) is 15.2.